The van der Waals surface area contributed by atoms with Gasteiger partial charge in [-0.05, 0) is 18.6 Å². The molecule has 0 spiro atoms. The van der Waals surface area contributed by atoms with E-state index in [-0.39, 0.29) is 6.04 Å². The Balaban J connectivity index is 1.87. The van der Waals surface area contributed by atoms with Crippen molar-refractivity contribution in [1.29, 1.82) is 0 Å². The Bertz CT molecular complexity index is 1090. The first-order valence-corrected chi connectivity index (χ1v) is 10.6. The van der Waals surface area contributed by atoms with Gasteiger partial charge in [-0.25, -0.2) is 9.97 Å². The Labute approximate surface area is 191 Å². The van der Waals surface area contributed by atoms with Gasteiger partial charge >= 0.3 is 0 Å². The second-order valence-electron chi connectivity index (χ2n) is 7.51. The van der Waals surface area contributed by atoms with Crippen LogP contribution in [-0.4, -0.2) is 57.5 Å². The SMILES string of the molecule is COc1cc(OC)c(Cl)c(-c2cc3cnc(NC4CCOC4)cc3c(N(C)C)n2)c1Cl. The van der Waals surface area contributed by atoms with Gasteiger partial charge < -0.3 is 24.4 Å². The number of hydrogen-bond acceptors (Lipinski definition) is 7. The average Bonchev–Trinajstić information content (AvgIpc) is 3.26. The van der Waals surface area contributed by atoms with Crippen molar-refractivity contribution in [3.63, 3.8) is 0 Å². The Morgan fingerprint density at radius 2 is 1.81 bits per heavy atom. The number of methoxy groups -OCH3 is 2. The maximum Gasteiger partial charge on any atom is 0.141 e. The number of nitrogens with zero attached hydrogens (tertiary/aromatic N) is 3. The van der Waals surface area contributed by atoms with Crippen LogP contribution in [-0.2, 0) is 4.74 Å². The third-order valence-corrected chi connectivity index (χ3v) is 5.98. The standard InChI is InChI=1S/C22H24Cl2N4O3/c1-28(2)22-14-8-18(26-13-5-6-31-11-13)25-10-12(14)7-15(27-22)19-20(23)16(29-3)9-17(30-4)21(19)24/h7-10,13H,5-6,11H2,1-4H3,(H,25,26). The van der Waals surface area contributed by atoms with Crippen molar-refractivity contribution in [2.75, 3.05) is 51.7 Å². The van der Waals surface area contributed by atoms with Crippen LogP contribution in [0.5, 0.6) is 11.5 Å². The topological polar surface area (TPSA) is 68.7 Å². The number of ether oxygens (including phenoxy) is 3. The lowest BCUT2D eigenvalue weighted by molar-refractivity contribution is 0.195. The summed E-state index contributed by atoms with van der Waals surface area (Å²) in [4.78, 5) is 11.4. The summed E-state index contributed by atoms with van der Waals surface area (Å²) < 4.78 is 16.3. The van der Waals surface area contributed by atoms with Crippen molar-refractivity contribution < 1.29 is 14.2 Å². The second-order valence-corrected chi connectivity index (χ2v) is 8.26. The van der Waals surface area contributed by atoms with E-state index in [0.29, 0.717) is 39.4 Å². The number of benzene rings is 1. The molecule has 1 fully saturated rings. The van der Waals surface area contributed by atoms with Gasteiger partial charge in [-0.1, -0.05) is 23.2 Å². The molecule has 0 radical (unpaired) electrons. The van der Waals surface area contributed by atoms with Crippen LogP contribution in [0.1, 0.15) is 6.42 Å². The molecule has 31 heavy (non-hydrogen) atoms. The smallest absolute Gasteiger partial charge is 0.141 e. The van der Waals surface area contributed by atoms with E-state index in [1.165, 1.54) is 0 Å². The average molecular weight is 463 g/mol. The molecule has 0 aliphatic carbocycles. The van der Waals surface area contributed by atoms with Gasteiger partial charge in [0, 0.05) is 49.3 Å². The van der Waals surface area contributed by atoms with E-state index in [1.807, 2.05) is 37.3 Å². The highest BCUT2D eigenvalue weighted by molar-refractivity contribution is 6.41. The van der Waals surface area contributed by atoms with Crippen LogP contribution < -0.4 is 19.7 Å². The van der Waals surface area contributed by atoms with Crippen LogP contribution in [0.4, 0.5) is 11.6 Å². The van der Waals surface area contributed by atoms with E-state index < -0.39 is 0 Å². The lowest BCUT2D eigenvalue weighted by Crippen LogP contribution is -2.19. The molecule has 1 atom stereocenters. The number of fused-ring (bicyclic) bond motifs is 1. The largest absolute Gasteiger partial charge is 0.495 e. The van der Waals surface area contributed by atoms with Gasteiger partial charge in [0.05, 0.1) is 42.6 Å². The predicted molar refractivity (Wildman–Crippen MR) is 125 cm³/mol. The van der Waals surface area contributed by atoms with E-state index in [2.05, 4.69) is 10.3 Å². The van der Waals surface area contributed by atoms with Crippen LogP contribution in [0.15, 0.2) is 24.4 Å². The molecule has 9 heteroatoms. The summed E-state index contributed by atoms with van der Waals surface area (Å²) in [7, 11) is 6.98. The molecule has 0 bridgehead atoms. The fourth-order valence-electron chi connectivity index (χ4n) is 3.64. The number of halogens is 2. The van der Waals surface area contributed by atoms with Gasteiger partial charge in [0.15, 0.2) is 0 Å². The summed E-state index contributed by atoms with van der Waals surface area (Å²) in [5.41, 5.74) is 1.16. The highest BCUT2D eigenvalue weighted by atomic mass is 35.5. The number of nitrogens with one attached hydrogen (secondary N) is 1. The van der Waals surface area contributed by atoms with Gasteiger partial charge in [0.1, 0.15) is 23.1 Å². The zero-order chi connectivity index (χ0) is 22.1. The minimum Gasteiger partial charge on any atom is -0.495 e. The highest BCUT2D eigenvalue weighted by Gasteiger charge is 2.22. The van der Waals surface area contributed by atoms with Crippen molar-refractivity contribution in [2.24, 2.45) is 0 Å². The number of anilines is 2. The minimum absolute atomic E-state index is 0.266. The number of pyridine rings is 2. The molecule has 1 N–H and O–H groups in total. The molecular formula is C22H24Cl2N4O3. The van der Waals surface area contributed by atoms with Gasteiger partial charge in [0.2, 0.25) is 0 Å². The first-order valence-electron chi connectivity index (χ1n) is 9.85. The van der Waals surface area contributed by atoms with E-state index in [9.17, 15) is 0 Å². The van der Waals surface area contributed by atoms with Gasteiger partial charge in [-0.15, -0.1) is 0 Å². The van der Waals surface area contributed by atoms with E-state index in [1.54, 1.807) is 20.3 Å². The minimum atomic E-state index is 0.266. The van der Waals surface area contributed by atoms with Crippen LogP contribution in [0.2, 0.25) is 10.0 Å². The molecule has 0 saturated carbocycles. The monoisotopic (exact) mass is 462 g/mol. The van der Waals surface area contributed by atoms with Crippen LogP contribution >= 0.6 is 23.2 Å². The van der Waals surface area contributed by atoms with Crippen molar-refractivity contribution in [3.05, 3.63) is 34.4 Å². The first kappa shape index (κ1) is 21.7. The summed E-state index contributed by atoms with van der Waals surface area (Å²) in [5.74, 6) is 2.49. The number of aromatic nitrogens is 2. The molecule has 1 aromatic carbocycles. The maximum atomic E-state index is 6.63. The first-order chi connectivity index (χ1) is 14.9. The summed E-state index contributed by atoms with van der Waals surface area (Å²) in [6.45, 7) is 1.46. The normalized spacial score (nSPS) is 15.9. The van der Waals surface area contributed by atoms with Crippen molar-refractivity contribution in [2.45, 2.75) is 12.5 Å². The van der Waals surface area contributed by atoms with Crippen molar-refractivity contribution >= 4 is 45.6 Å². The lowest BCUT2D eigenvalue weighted by Gasteiger charge is -2.19. The molecule has 164 valence electrons. The Hall–Kier alpha value is -2.48. The third kappa shape index (κ3) is 4.18. The molecule has 2 aromatic heterocycles. The Morgan fingerprint density at radius 3 is 2.39 bits per heavy atom. The molecule has 7 nitrogen and oxygen atoms in total. The lowest BCUT2D eigenvalue weighted by atomic mass is 10.1. The highest BCUT2D eigenvalue weighted by Crippen LogP contribution is 2.46. The quantitative estimate of drug-likeness (QED) is 0.559. The van der Waals surface area contributed by atoms with Crippen molar-refractivity contribution in [1.82, 2.24) is 9.97 Å². The molecule has 1 saturated heterocycles. The summed E-state index contributed by atoms with van der Waals surface area (Å²) in [5, 5.41) is 6.06. The van der Waals surface area contributed by atoms with Crippen molar-refractivity contribution in [3.8, 4) is 22.8 Å². The Morgan fingerprint density at radius 1 is 1.10 bits per heavy atom. The number of hydrogen-bond donors (Lipinski definition) is 1. The summed E-state index contributed by atoms with van der Waals surface area (Å²) >= 11 is 13.3. The molecule has 1 unspecified atom stereocenters. The van der Waals surface area contributed by atoms with E-state index in [4.69, 9.17) is 42.4 Å². The van der Waals surface area contributed by atoms with Crippen LogP contribution in [0, 0.1) is 0 Å². The second kappa shape index (κ2) is 8.94. The maximum absolute atomic E-state index is 6.63. The zero-order valence-corrected chi connectivity index (χ0v) is 19.3. The third-order valence-electron chi connectivity index (χ3n) is 5.23. The Kier molecular flexibility index (Phi) is 6.27. The van der Waals surface area contributed by atoms with Gasteiger partial charge in [-0.2, -0.15) is 0 Å². The number of rotatable bonds is 6. The van der Waals surface area contributed by atoms with Crippen LogP contribution in [0.3, 0.4) is 0 Å². The molecular weight excluding hydrogens is 439 g/mol. The van der Waals surface area contributed by atoms with E-state index in [0.717, 1.165) is 35.4 Å². The molecule has 4 rings (SSSR count). The molecule has 0 amide bonds. The van der Waals surface area contributed by atoms with Gasteiger partial charge in [-0.3, -0.25) is 0 Å². The fraction of sp³-hybridized carbons (Fsp3) is 0.364. The molecule has 1 aliphatic heterocycles. The van der Waals surface area contributed by atoms with Crippen LogP contribution in [0.25, 0.3) is 22.0 Å². The zero-order valence-electron chi connectivity index (χ0n) is 17.8. The molecule has 3 aromatic rings. The molecule has 1 aliphatic rings. The fourth-order valence-corrected chi connectivity index (χ4v) is 4.34. The molecule has 3 heterocycles. The summed E-state index contributed by atoms with van der Waals surface area (Å²) in [6, 6.07) is 5.86. The summed E-state index contributed by atoms with van der Waals surface area (Å²) in [6.07, 6.45) is 2.79. The van der Waals surface area contributed by atoms with E-state index >= 15 is 0 Å². The predicted octanol–water partition coefficient (Wildman–Crippen LogP) is 4.89. The van der Waals surface area contributed by atoms with Gasteiger partial charge in [0.25, 0.3) is 0 Å².